The van der Waals surface area contributed by atoms with Gasteiger partial charge in [0.25, 0.3) is 0 Å². The number of nitriles is 2. The predicted octanol–water partition coefficient (Wildman–Crippen LogP) is 3.14. The second kappa shape index (κ2) is 10.0. The third-order valence-electron chi connectivity index (χ3n) is 7.02. The molecule has 2 saturated heterocycles. The van der Waals surface area contributed by atoms with Crippen LogP contribution in [0, 0.1) is 22.7 Å². The molecule has 0 amide bonds. The lowest BCUT2D eigenvalue weighted by atomic mass is 10.1. The second-order valence-corrected chi connectivity index (χ2v) is 10.1. The lowest BCUT2D eigenvalue weighted by Crippen LogP contribution is -2.48. The quantitative estimate of drug-likeness (QED) is 0.481. The van der Waals surface area contributed by atoms with Gasteiger partial charge in [0, 0.05) is 45.4 Å². The van der Waals surface area contributed by atoms with E-state index in [0.717, 1.165) is 70.7 Å². The monoisotopic (exact) mass is 518 g/mol. The Kier molecular flexibility index (Phi) is 6.43. The first-order valence-electron chi connectivity index (χ1n) is 12.6. The minimum atomic E-state index is 0.259. The van der Waals surface area contributed by atoms with Crippen LogP contribution in [0.5, 0.6) is 0 Å². The zero-order valence-corrected chi connectivity index (χ0v) is 21.1. The van der Waals surface area contributed by atoms with Crippen LogP contribution in [0.1, 0.15) is 36.9 Å². The molecule has 1 atom stereocenters. The lowest BCUT2D eigenvalue weighted by Gasteiger charge is -2.37. The fourth-order valence-electron chi connectivity index (χ4n) is 4.89. The first-order chi connectivity index (χ1) is 18.1. The Morgan fingerprint density at radius 1 is 1.11 bits per heavy atom. The van der Waals surface area contributed by atoms with Gasteiger partial charge in [-0.15, -0.1) is 5.10 Å². The van der Waals surface area contributed by atoms with Crippen LogP contribution in [0.15, 0.2) is 18.3 Å². The number of fused-ring (bicyclic) bond motifs is 1. The molecule has 1 saturated carbocycles. The second-order valence-electron chi connectivity index (χ2n) is 9.71. The molecular weight excluding hydrogens is 492 g/mol. The fraction of sp³-hybridized carbons (Fsp3) is 0.480. The Morgan fingerprint density at radius 3 is 2.65 bits per heavy atom. The molecule has 2 N–H and O–H groups in total. The molecule has 1 aliphatic carbocycles. The molecular formula is C25H27ClN10O. The van der Waals surface area contributed by atoms with Gasteiger partial charge in [0.1, 0.15) is 6.07 Å². The standard InChI is InChI=1S/C25H27ClN10O/c26-22-20(31-25-32-23(30-17-3-4-17)24-29-14-18(13-28)36(24)33-25)10-16(12-27)11-21(22)35-7-5-34(6-8-35)15-19-2-1-9-37-19/h10-11,14,17,19H,1-9,15H2,(H2,30,31,32,33). The van der Waals surface area contributed by atoms with E-state index in [-0.39, 0.29) is 5.95 Å². The van der Waals surface area contributed by atoms with Crippen molar-refractivity contribution in [3.05, 3.63) is 34.6 Å². The van der Waals surface area contributed by atoms with Crippen molar-refractivity contribution in [1.82, 2.24) is 24.5 Å². The highest BCUT2D eigenvalue weighted by molar-refractivity contribution is 6.36. The molecule has 4 heterocycles. The van der Waals surface area contributed by atoms with E-state index in [1.165, 1.54) is 10.7 Å². The van der Waals surface area contributed by atoms with Crippen LogP contribution < -0.4 is 15.5 Å². The molecule has 6 rings (SSSR count). The van der Waals surface area contributed by atoms with E-state index < -0.39 is 0 Å². The van der Waals surface area contributed by atoms with Gasteiger partial charge in [-0.25, -0.2) is 4.98 Å². The van der Waals surface area contributed by atoms with Crippen molar-refractivity contribution in [1.29, 1.82) is 10.5 Å². The maximum absolute atomic E-state index is 9.72. The van der Waals surface area contributed by atoms with Gasteiger partial charge in [0.2, 0.25) is 5.95 Å². The van der Waals surface area contributed by atoms with E-state index in [1.807, 2.05) is 6.07 Å². The number of hydrogen-bond donors (Lipinski definition) is 2. The number of imidazole rings is 1. The highest BCUT2D eigenvalue weighted by Crippen LogP contribution is 2.37. The zero-order valence-electron chi connectivity index (χ0n) is 20.3. The molecule has 0 radical (unpaired) electrons. The summed E-state index contributed by atoms with van der Waals surface area (Å²) < 4.78 is 7.27. The molecule has 3 aliphatic rings. The van der Waals surface area contributed by atoms with Crippen LogP contribution in [0.2, 0.25) is 5.02 Å². The molecule has 0 bridgehead atoms. The summed E-state index contributed by atoms with van der Waals surface area (Å²) in [6, 6.07) is 8.22. The SMILES string of the molecule is N#Cc1cc(Nc2nc(NC3CC3)c3ncc(C#N)n3n2)c(Cl)c(N2CCN(CC3CCCO3)CC2)c1. The summed E-state index contributed by atoms with van der Waals surface area (Å²) in [5.41, 5.74) is 2.62. The van der Waals surface area contributed by atoms with E-state index in [4.69, 9.17) is 16.3 Å². The van der Waals surface area contributed by atoms with Crippen molar-refractivity contribution in [2.24, 2.45) is 0 Å². The number of hydrogen-bond acceptors (Lipinski definition) is 10. The van der Waals surface area contributed by atoms with Crippen LogP contribution in [0.3, 0.4) is 0 Å². The highest BCUT2D eigenvalue weighted by atomic mass is 35.5. The van der Waals surface area contributed by atoms with Gasteiger partial charge in [-0.2, -0.15) is 20.0 Å². The Labute approximate surface area is 219 Å². The Hall–Kier alpha value is -3.64. The molecule has 190 valence electrons. The van der Waals surface area contributed by atoms with Crippen LogP contribution in [0.4, 0.5) is 23.1 Å². The largest absolute Gasteiger partial charge is 0.377 e. The fourth-order valence-corrected chi connectivity index (χ4v) is 5.17. The first kappa shape index (κ1) is 23.7. The molecule has 0 spiro atoms. The Morgan fingerprint density at radius 2 is 1.95 bits per heavy atom. The highest BCUT2D eigenvalue weighted by Gasteiger charge is 2.26. The number of piperazine rings is 1. The summed E-state index contributed by atoms with van der Waals surface area (Å²) in [7, 11) is 0. The molecule has 3 aromatic rings. The van der Waals surface area contributed by atoms with Crippen molar-refractivity contribution in [2.45, 2.75) is 37.8 Å². The smallest absolute Gasteiger partial charge is 0.247 e. The van der Waals surface area contributed by atoms with Crippen molar-refractivity contribution in [3.8, 4) is 12.1 Å². The normalized spacial score (nSPS) is 20.1. The molecule has 2 aliphatic heterocycles. The van der Waals surface area contributed by atoms with Gasteiger partial charge in [0.05, 0.1) is 40.3 Å². The summed E-state index contributed by atoms with van der Waals surface area (Å²) in [6.45, 7) is 5.25. The third kappa shape index (κ3) is 4.98. The van der Waals surface area contributed by atoms with Crippen LogP contribution in [-0.2, 0) is 4.74 Å². The van der Waals surface area contributed by atoms with Gasteiger partial charge in [-0.1, -0.05) is 11.6 Å². The number of aromatic nitrogens is 4. The van der Waals surface area contributed by atoms with E-state index in [9.17, 15) is 10.5 Å². The van der Waals surface area contributed by atoms with Crippen molar-refractivity contribution >= 4 is 40.4 Å². The van der Waals surface area contributed by atoms with Gasteiger partial charge in [-0.05, 0) is 37.8 Å². The topological polar surface area (TPSA) is 130 Å². The van der Waals surface area contributed by atoms with E-state index in [1.54, 1.807) is 6.07 Å². The minimum absolute atomic E-state index is 0.259. The number of halogens is 1. The number of rotatable bonds is 7. The number of nitrogens with one attached hydrogen (secondary N) is 2. The van der Waals surface area contributed by atoms with Crippen molar-refractivity contribution in [2.75, 3.05) is 54.9 Å². The Balaban J connectivity index is 1.26. The van der Waals surface area contributed by atoms with Crippen molar-refractivity contribution in [3.63, 3.8) is 0 Å². The van der Waals surface area contributed by atoms with Crippen LogP contribution >= 0.6 is 11.6 Å². The van der Waals surface area contributed by atoms with Gasteiger partial charge in [0.15, 0.2) is 17.2 Å². The summed E-state index contributed by atoms with van der Waals surface area (Å²) in [6.07, 6.45) is 6.21. The summed E-state index contributed by atoms with van der Waals surface area (Å²) in [5, 5.41) is 30.8. The predicted molar refractivity (Wildman–Crippen MR) is 139 cm³/mol. The first-order valence-corrected chi connectivity index (χ1v) is 13.0. The number of nitrogens with zero attached hydrogens (tertiary/aromatic N) is 8. The van der Waals surface area contributed by atoms with E-state index in [0.29, 0.717) is 45.6 Å². The summed E-state index contributed by atoms with van der Waals surface area (Å²) >= 11 is 6.89. The van der Waals surface area contributed by atoms with Crippen molar-refractivity contribution < 1.29 is 4.74 Å². The average molecular weight is 519 g/mol. The molecule has 2 aromatic heterocycles. The summed E-state index contributed by atoms with van der Waals surface area (Å²) in [5.74, 6) is 0.811. The molecule has 3 fully saturated rings. The maximum atomic E-state index is 9.72. The third-order valence-corrected chi connectivity index (χ3v) is 7.42. The average Bonchev–Trinajstić information content (AvgIpc) is 3.40. The zero-order chi connectivity index (χ0) is 25.4. The number of benzene rings is 1. The van der Waals surface area contributed by atoms with E-state index >= 15 is 0 Å². The molecule has 1 unspecified atom stereocenters. The number of ether oxygens (including phenoxy) is 1. The number of anilines is 4. The molecule has 1 aromatic carbocycles. The summed E-state index contributed by atoms with van der Waals surface area (Å²) in [4.78, 5) is 13.6. The maximum Gasteiger partial charge on any atom is 0.247 e. The van der Waals surface area contributed by atoms with Gasteiger partial charge < -0.3 is 20.3 Å². The molecule has 11 nitrogen and oxygen atoms in total. The van der Waals surface area contributed by atoms with Gasteiger partial charge in [-0.3, -0.25) is 4.90 Å². The molecule has 12 heteroatoms. The van der Waals surface area contributed by atoms with Crippen LogP contribution in [0.25, 0.3) is 5.65 Å². The lowest BCUT2D eigenvalue weighted by molar-refractivity contribution is 0.0713. The van der Waals surface area contributed by atoms with Gasteiger partial charge >= 0.3 is 0 Å². The molecule has 37 heavy (non-hydrogen) atoms. The van der Waals surface area contributed by atoms with E-state index in [2.05, 4.69) is 47.6 Å². The van der Waals surface area contributed by atoms with Crippen LogP contribution in [-0.4, -0.2) is 76.0 Å². The Bertz CT molecular complexity index is 1390. The minimum Gasteiger partial charge on any atom is -0.377 e.